The van der Waals surface area contributed by atoms with Crippen LogP contribution in [0.5, 0.6) is 0 Å². The molecule has 0 saturated heterocycles. The van der Waals surface area contributed by atoms with Crippen molar-refractivity contribution < 1.29 is 8.42 Å². The average Bonchev–Trinajstić information content (AvgIpc) is 2.83. The van der Waals surface area contributed by atoms with Crippen molar-refractivity contribution >= 4 is 27.1 Å². The second-order valence-corrected chi connectivity index (χ2v) is 7.48. The van der Waals surface area contributed by atoms with Crippen LogP contribution < -0.4 is 10.6 Å². The summed E-state index contributed by atoms with van der Waals surface area (Å²) in [5, 5.41) is 8.30. The molecule has 0 aliphatic rings. The highest BCUT2D eigenvalue weighted by Crippen LogP contribution is 2.09. The Morgan fingerprint density at radius 2 is 2.21 bits per heavy atom. The number of rotatable bonds is 7. The fraction of sp³-hybridized carbons (Fsp3) is 0.583. The van der Waals surface area contributed by atoms with Gasteiger partial charge in [-0.1, -0.05) is 6.07 Å². The molecule has 0 saturated carbocycles. The molecule has 0 radical (unpaired) electrons. The first-order valence-electron chi connectivity index (χ1n) is 6.23. The molecular formula is C12H21N3O2S2. The molecule has 1 heterocycles. The molecule has 0 aromatic carbocycles. The van der Waals surface area contributed by atoms with Gasteiger partial charge in [0.05, 0.1) is 12.3 Å². The summed E-state index contributed by atoms with van der Waals surface area (Å²) < 4.78 is 22.0. The first-order chi connectivity index (χ1) is 9.01. The third-order valence-electron chi connectivity index (χ3n) is 2.30. The zero-order valence-electron chi connectivity index (χ0n) is 11.3. The maximum Gasteiger partial charge on any atom is 0.191 e. The molecule has 5 nitrogen and oxygen atoms in total. The maximum atomic E-state index is 11.0. The van der Waals surface area contributed by atoms with E-state index in [2.05, 4.69) is 15.6 Å². The van der Waals surface area contributed by atoms with Gasteiger partial charge in [-0.25, -0.2) is 13.4 Å². The van der Waals surface area contributed by atoms with E-state index in [0.29, 0.717) is 19.5 Å². The van der Waals surface area contributed by atoms with Gasteiger partial charge in [-0.2, -0.15) is 0 Å². The fourth-order valence-electron chi connectivity index (χ4n) is 1.44. The minimum atomic E-state index is -2.88. The number of hydrogen-bond acceptors (Lipinski definition) is 4. The summed E-state index contributed by atoms with van der Waals surface area (Å²) in [6.45, 7) is 4.02. The summed E-state index contributed by atoms with van der Waals surface area (Å²) in [5.74, 6) is 0.925. The molecule has 0 aliphatic carbocycles. The largest absolute Gasteiger partial charge is 0.357 e. The number of nitrogens with one attached hydrogen (secondary N) is 2. The summed E-state index contributed by atoms with van der Waals surface area (Å²) in [6, 6.07) is 4.05. The van der Waals surface area contributed by atoms with Crippen LogP contribution in [-0.2, 0) is 16.4 Å². The predicted molar refractivity (Wildman–Crippen MR) is 81.5 cm³/mol. The molecule has 1 rings (SSSR count). The van der Waals surface area contributed by atoms with E-state index in [1.54, 1.807) is 11.3 Å². The molecule has 0 amide bonds. The topological polar surface area (TPSA) is 70.6 Å². The molecule has 108 valence electrons. The molecule has 0 bridgehead atoms. The molecule has 0 spiro atoms. The van der Waals surface area contributed by atoms with Gasteiger partial charge in [0.2, 0.25) is 0 Å². The van der Waals surface area contributed by atoms with Crippen molar-refractivity contribution in [1.82, 2.24) is 10.6 Å². The number of guanidine groups is 1. The second-order valence-electron chi connectivity index (χ2n) is 4.18. The minimum Gasteiger partial charge on any atom is -0.357 e. The summed E-state index contributed by atoms with van der Waals surface area (Å²) in [4.78, 5) is 5.65. The van der Waals surface area contributed by atoms with Gasteiger partial charge >= 0.3 is 0 Å². The quantitative estimate of drug-likeness (QED) is 0.452. The Bertz CT molecular complexity index is 481. The molecule has 1 aromatic rings. The first kappa shape index (κ1) is 16.0. The lowest BCUT2D eigenvalue weighted by Gasteiger charge is -2.10. The van der Waals surface area contributed by atoms with Crippen molar-refractivity contribution in [3.8, 4) is 0 Å². The maximum absolute atomic E-state index is 11.0. The summed E-state index contributed by atoms with van der Waals surface area (Å²) in [7, 11) is -2.88. The number of thiophene rings is 1. The van der Waals surface area contributed by atoms with Crippen LogP contribution in [0.25, 0.3) is 0 Å². The highest BCUT2D eigenvalue weighted by molar-refractivity contribution is 7.90. The Morgan fingerprint density at radius 1 is 1.42 bits per heavy atom. The average molecular weight is 303 g/mol. The van der Waals surface area contributed by atoms with E-state index in [1.807, 2.05) is 24.4 Å². The Labute approximate surface area is 119 Å². The van der Waals surface area contributed by atoms with Gasteiger partial charge in [-0.05, 0) is 24.8 Å². The van der Waals surface area contributed by atoms with Gasteiger partial charge in [0, 0.05) is 24.2 Å². The molecule has 7 heteroatoms. The molecule has 1 aromatic heterocycles. The van der Waals surface area contributed by atoms with E-state index in [9.17, 15) is 8.42 Å². The minimum absolute atomic E-state index is 0.199. The number of aliphatic imine (C=N–C) groups is 1. The summed E-state index contributed by atoms with van der Waals surface area (Å²) in [5.41, 5.74) is 0. The molecule has 0 aliphatic heterocycles. The Hall–Kier alpha value is -1.08. The van der Waals surface area contributed by atoms with Crippen molar-refractivity contribution in [3.63, 3.8) is 0 Å². The van der Waals surface area contributed by atoms with Crippen molar-refractivity contribution in [2.24, 2.45) is 4.99 Å². The highest BCUT2D eigenvalue weighted by atomic mass is 32.2. The summed E-state index contributed by atoms with van der Waals surface area (Å²) >= 11 is 1.67. The monoisotopic (exact) mass is 303 g/mol. The first-order valence-corrected chi connectivity index (χ1v) is 9.17. The van der Waals surface area contributed by atoms with Crippen molar-refractivity contribution in [2.45, 2.75) is 19.9 Å². The lowest BCUT2D eigenvalue weighted by molar-refractivity contribution is 0.598. The fourth-order valence-corrected chi connectivity index (χ4v) is 2.74. The van der Waals surface area contributed by atoms with Crippen molar-refractivity contribution in [3.05, 3.63) is 22.4 Å². The lowest BCUT2D eigenvalue weighted by atomic mass is 10.4. The van der Waals surface area contributed by atoms with Crippen molar-refractivity contribution in [2.75, 3.05) is 25.1 Å². The van der Waals surface area contributed by atoms with Crippen LogP contribution in [0.3, 0.4) is 0 Å². The molecular weight excluding hydrogens is 282 g/mol. The van der Waals surface area contributed by atoms with E-state index >= 15 is 0 Å². The number of sulfone groups is 1. The second kappa shape index (κ2) is 8.16. The van der Waals surface area contributed by atoms with Gasteiger partial charge in [0.15, 0.2) is 5.96 Å². The number of hydrogen-bond donors (Lipinski definition) is 2. The van der Waals surface area contributed by atoms with Gasteiger partial charge in [0.1, 0.15) is 9.84 Å². The van der Waals surface area contributed by atoms with Crippen LogP contribution in [0, 0.1) is 0 Å². The zero-order chi connectivity index (χ0) is 14.1. The van der Waals surface area contributed by atoms with E-state index in [-0.39, 0.29) is 5.75 Å². The Morgan fingerprint density at radius 3 is 2.79 bits per heavy atom. The van der Waals surface area contributed by atoms with Gasteiger partial charge in [-0.3, -0.25) is 0 Å². The van der Waals surface area contributed by atoms with Crippen LogP contribution in [0.2, 0.25) is 0 Å². The van der Waals surface area contributed by atoms with E-state index < -0.39 is 9.84 Å². The van der Waals surface area contributed by atoms with Crippen LogP contribution in [0.15, 0.2) is 22.5 Å². The third-order valence-corrected chi connectivity index (χ3v) is 4.19. The van der Waals surface area contributed by atoms with Gasteiger partial charge in [-0.15, -0.1) is 11.3 Å². The molecule has 0 unspecified atom stereocenters. The zero-order valence-corrected chi connectivity index (χ0v) is 13.0. The normalized spacial score (nSPS) is 12.4. The predicted octanol–water partition coefficient (Wildman–Crippen LogP) is 1.24. The van der Waals surface area contributed by atoms with Crippen LogP contribution in [0.1, 0.15) is 18.2 Å². The Kier molecular flexibility index (Phi) is 6.86. The SMILES string of the molecule is CCNC(=NCc1cccs1)NCCCS(C)(=O)=O. The molecule has 2 N–H and O–H groups in total. The van der Waals surface area contributed by atoms with E-state index in [4.69, 9.17) is 0 Å². The molecule has 0 atom stereocenters. The third kappa shape index (κ3) is 7.84. The van der Waals surface area contributed by atoms with Crippen LogP contribution in [0.4, 0.5) is 0 Å². The molecule has 0 fully saturated rings. The van der Waals surface area contributed by atoms with E-state index in [0.717, 1.165) is 12.5 Å². The van der Waals surface area contributed by atoms with Crippen LogP contribution >= 0.6 is 11.3 Å². The smallest absolute Gasteiger partial charge is 0.191 e. The standard InChI is InChI=1S/C12H21N3O2S2/c1-3-13-12(14-7-5-9-19(2,16)17)15-10-11-6-4-8-18-11/h4,6,8H,3,5,7,9-10H2,1-2H3,(H2,13,14,15). The number of nitrogens with zero attached hydrogens (tertiary/aromatic N) is 1. The summed E-state index contributed by atoms with van der Waals surface area (Å²) in [6.07, 6.45) is 1.84. The lowest BCUT2D eigenvalue weighted by Crippen LogP contribution is -2.38. The van der Waals surface area contributed by atoms with Crippen molar-refractivity contribution in [1.29, 1.82) is 0 Å². The Balaban J connectivity index is 2.37. The van der Waals surface area contributed by atoms with Gasteiger partial charge in [0.25, 0.3) is 0 Å². The van der Waals surface area contributed by atoms with E-state index in [1.165, 1.54) is 11.1 Å². The van der Waals surface area contributed by atoms with Crippen LogP contribution in [-0.4, -0.2) is 39.5 Å². The van der Waals surface area contributed by atoms with Gasteiger partial charge < -0.3 is 10.6 Å². The molecule has 19 heavy (non-hydrogen) atoms. The highest BCUT2D eigenvalue weighted by Gasteiger charge is 2.02.